The molecule has 1 aromatic carbocycles. The van der Waals surface area contributed by atoms with Crippen LogP contribution in [0.4, 0.5) is 8.78 Å². The second-order valence-corrected chi connectivity index (χ2v) is 3.97. The maximum Gasteiger partial charge on any atom is 0.263 e. The number of benzene rings is 1. The second kappa shape index (κ2) is 6.21. The van der Waals surface area contributed by atoms with Gasteiger partial charge in [-0.05, 0) is 23.8 Å². The van der Waals surface area contributed by atoms with Crippen LogP contribution in [0, 0.1) is 0 Å². The van der Waals surface area contributed by atoms with E-state index in [2.05, 4.69) is 10.3 Å². The van der Waals surface area contributed by atoms with Gasteiger partial charge in [-0.25, -0.2) is 8.78 Å². The molecule has 4 heteroatoms. The molecule has 0 fully saturated rings. The number of alkyl halides is 2. The molecule has 2 aromatic rings. The van der Waals surface area contributed by atoms with Crippen LogP contribution in [0.1, 0.15) is 23.2 Å². The molecule has 0 aliphatic rings. The molecule has 0 saturated heterocycles. The van der Waals surface area contributed by atoms with Crippen LogP contribution in [0.5, 0.6) is 0 Å². The molecule has 18 heavy (non-hydrogen) atoms. The summed E-state index contributed by atoms with van der Waals surface area (Å²) in [5, 5.41) is 3.18. The van der Waals surface area contributed by atoms with Crippen molar-refractivity contribution in [1.82, 2.24) is 10.3 Å². The third-order valence-corrected chi connectivity index (χ3v) is 2.56. The Morgan fingerprint density at radius 3 is 2.67 bits per heavy atom. The summed E-state index contributed by atoms with van der Waals surface area (Å²) in [4.78, 5) is 4.17. The smallest absolute Gasteiger partial charge is 0.263 e. The molecule has 0 atom stereocenters. The first-order valence-electron chi connectivity index (χ1n) is 5.73. The average Bonchev–Trinajstić information content (AvgIpc) is 2.40. The van der Waals surface area contributed by atoms with Crippen molar-refractivity contribution < 1.29 is 8.78 Å². The van der Waals surface area contributed by atoms with Gasteiger partial charge in [0.2, 0.25) is 0 Å². The Bertz CT molecular complexity index is 486. The van der Waals surface area contributed by atoms with Gasteiger partial charge >= 0.3 is 0 Å². The number of halogens is 2. The van der Waals surface area contributed by atoms with Crippen molar-refractivity contribution in [2.45, 2.75) is 19.5 Å². The Labute approximate surface area is 105 Å². The molecule has 94 valence electrons. The number of nitrogens with zero attached hydrogens (tertiary/aromatic N) is 1. The molecular formula is C14H14F2N2. The van der Waals surface area contributed by atoms with E-state index in [1.807, 2.05) is 24.3 Å². The molecule has 1 heterocycles. The van der Waals surface area contributed by atoms with Crippen molar-refractivity contribution in [2.24, 2.45) is 0 Å². The van der Waals surface area contributed by atoms with Crippen molar-refractivity contribution in [3.8, 4) is 0 Å². The normalized spacial score (nSPS) is 10.8. The topological polar surface area (TPSA) is 24.9 Å². The first-order valence-corrected chi connectivity index (χ1v) is 5.73. The summed E-state index contributed by atoms with van der Waals surface area (Å²) in [6.07, 6.45) is -0.685. The highest BCUT2D eigenvalue weighted by molar-refractivity contribution is 5.24. The lowest BCUT2D eigenvalue weighted by molar-refractivity contribution is 0.151. The van der Waals surface area contributed by atoms with Crippen LogP contribution < -0.4 is 5.32 Å². The van der Waals surface area contributed by atoms with E-state index in [1.54, 1.807) is 12.3 Å². The summed E-state index contributed by atoms with van der Waals surface area (Å²) in [6.45, 7) is 1.18. The standard InChI is InChI=1S/C14H14F2N2/c15-14(16)12-5-3-4-11(8-12)9-17-10-13-6-1-2-7-18-13/h1-8,14,17H,9-10H2. The van der Waals surface area contributed by atoms with Crippen molar-refractivity contribution in [3.05, 3.63) is 65.5 Å². The van der Waals surface area contributed by atoms with Crippen molar-refractivity contribution in [2.75, 3.05) is 0 Å². The lowest BCUT2D eigenvalue weighted by Crippen LogP contribution is -2.13. The maximum atomic E-state index is 12.5. The lowest BCUT2D eigenvalue weighted by Gasteiger charge is -2.06. The maximum absolute atomic E-state index is 12.5. The van der Waals surface area contributed by atoms with Gasteiger partial charge in [-0.1, -0.05) is 24.3 Å². The minimum Gasteiger partial charge on any atom is -0.307 e. The molecular weight excluding hydrogens is 234 g/mol. The van der Waals surface area contributed by atoms with Gasteiger partial charge < -0.3 is 5.32 Å². The van der Waals surface area contributed by atoms with Gasteiger partial charge in [0, 0.05) is 24.8 Å². The molecule has 0 bridgehead atoms. The zero-order valence-electron chi connectivity index (χ0n) is 9.81. The van der Waals surface area contributed by atoms with Crippen LogP contribution in [0.25, 0.3) is 0 Å². The highest BCUT2D eigenvalue weighted by Gasteiger charge is 2.06. The number of pyridine rings is 1. The molecule has 0 radical (unpaired) electrons. The van der Waals surface area contributed by atoms with E-state index in [4.69, 9.17) is 0 Å². The van der Waals surface area contributed by atoms with Gasteiger partial charge in [0.25, 0.3) is 6.43 Å². The number of hydrogen-bond acceptors (Lipinski definition) is 2. The summed E-state index contributed by atoms with van der Waals surface area (Å²) < 4.78 is 25.0. The fourth-order valence-corrected chi connectivity index (χ4v) is 1.68. The predicted molar refractivity (Wildman–Crippen MR) is 66.2 cm³/mol. The lowest BCUT2D eigenvalue weighted by atomic mass is 10.1. The van der Waals surface area contributed by atoms with Crippen LogP contribution in [0.15, 0.2) is 48.7 Å². The monoisotopic (exact) mass is 248 g/mol. The van der Waals surface area contributed by atoms with Crippen LogP contribution in [-0.2, 0) is 13.1 Å². The van der Waals surface area contributed by atoms with E-state index in [-0.39, 0.29) is 5.56 Å². The summed E-state index contributed by atoms with van der Waals surface area (Å²) in [7, 11) is 0. The second-order valence-electron chi connectivity index (χ2n) is 3.97. The summed E-state index contributed by atoms with van der Waals surface area (Å²) in [5.41, 5.74) is 1.85. The average molecular weight is 248 g/mol. The zero-order valence-corrected chi connectivity index (χ0v) is 9.81. The molecule has 0 aliphatic carbocycles. The van der Waals surface area contributed by atoms with Gasteiger partial charge in [-0.15, -0.1) is 0 Å². The van der Waals surface area contributed by atoms with Gasteiger partial charge in [0.05, 0.1) is 5.69 Å². The van der Waals surface area contributed by atoms with E-state index in [0.29, 0.717) is 13.1 Å². The summed E-state index contributed by atoms with van der Waals surface area (Å²) >= 11 is 0. The molecule has 2 nitrogen and oxygen atoms in total. The van der Waals surface area contributed by atoms with Crippen LogP contribution in [-0.4, -0.2) is 4.98 Å². The van der Waals surface area contributed by atoms with E-state index < -0.39 is 6.43 Å². The van der Waals surface area contributed by atoms with Crippen molar-refractivity contribution >= 4 is 0 Å². The fourth-order valence-electron chi connectivity index (χ4n) is 1.68. The third-order valence-electron chi connectivity index (χ3n) is 2.56. The van der Waals surface area contributed by atoms with Gasteiger partial charge in [0.15, 0.2) is 0 Å². The van der Waals surface area contributed by atoms with Crippen molar-refractivity contribution in [3.63, 3.8) is 0 Å². The number of aromatic nitrogens is 1. The number of hydrogen-bond donors (Lipinski definition) is 1. The molecule has 0 amide bonds. The van der Waals surface area contributed by atoms with Gasteiger partial charge in [0.1, 0.15) is 0 Å². The van der Waals surface area contributed by atoms with E-state index in [1.165, 1.54) is 12.1 Å². The Balaban J connectivity index is 1.89. The fraction of sp³-hybridized carbons (Fsp3) is 0.214. The minimum atomic E-state index is -2.42. The molecule has 0 spiro atoms. The van der Waals surface area contributed by atoms with E-state index >= 15 is 0 Å². The number of nitrogens with one attached hydrogen (secondary N) is 1. The Morgan fingerprint density at radius 1 is 1.06 bits per heavy atom. The van der Waals surface area contributed by atoms with Crippen molar-refractivity contribution in [1.29, 1.82) is 0 Å². The Hall–Kier alpha value is -1.81. The largest absolute Gasteiger partial charge is 0.307 e. The highest BCUT2D eigenvalue weighted by Crippen LogP contribution is 2.19. The summed E-state index contributed by atoms with van der Waals surface area (Å²) in [5.74, 6) is 0. The molecule has 0 aliphatic heterocycles. The zero-order chi connectivity index (χ0) is 12.8. The molecule has 1 aromatic heterocycles. The van der Waals surface area contributed by atoms with Crippen LogP contribution >= 0.6 is 0 Å². The molecule has 0 saturated carbocycles. The SMILES string of the molecule is FC(F)c1cccc(CNCc2ccccn2)c1. The first kappa shape index (κ1) is 12.6. The summed E-state index contributed by atoms with van der Waals surface area (Å²) in [6, 6.07) is 12.1. The molecule has 2 rings (SSSR count). The highest BCUT2D eigenvalue weighted by atomic mass is 19.3. The van der Waals surface area contributed by atoms with Crippen LogP contribution in [0.2, 0.25) is 0 Å². The van der Waals surface area contributed by atoms with Crippen LogP contribution in [0.3, 0.4) is 0 Å². The van der Waals surface area contributed by atoms with Gasteiger partial charge in [-0.3, -0.25) is 4.98 Å². The van der Waals surface area contributed by atoms with Gasteiger partial charge in [-0.2, -0.15) is 0 Å². The third kappa shape index (κ3) is 3.60. The Kier molecular flexibility index (Phi) is 4.36. The number of rotatable bonds is 5. The quantitative estimate of drug-likeness (QED) is 0.878. The minimum absolute atomic E-state index is 0.0622. The predicted octanol–water partition coefficient (Wildman–Crippen LogP) is 3.31. The van der Waals surface area contributed by atoms with E-state index in [9.17, 15) is 8.78 Å². The molecule has 0 unspecified atom stereocenters. The Morgan fingerprint density at radius 2 is 1.94 bits per heavy atom. The van der Waals surface area contributed by atoms with E-state index in [0.717, 1.165) is 11.3 Å². The first-order chi connectivity index (χ1) is 8.75. The molecule has 1 N–H and O–H groups in total.